The summed E-state index contributed by atoms with van der Waals surface area (Å²) in [7, 11) is 5.40. The molecule has 1 fully saturated rings. The van der Waals surface area contributed by atoms with Gasteiger partial charge < -0.3 is 20.1 Å². The Kier molecular flexibility index (Phi) is 26.3. The summed E-state index contributed by atoms with van der Waals surface area (Å²) in [5.74, 6) is 0. The van der Waals surface area contributed by atoms with Gasteiger partial charge in [-0.1, -0.05) is 0 Å². The van der Waals surface area contributed by atoms with E-state index in [1.54, 1.807) is 7.11 Å². The fourth-order valence-corrected chi connectivity index (χ4v) is 0.818. The van der Waals surface area contributed by atoms with E-state index in [9.17, 15) is 0 Å². The molecule has 1 aliphatic heterocycles. The predicted octanol–water partition coefficient (Wildman–Crippen LogP) is 1.18. The summed E-state index contributed by atoms with van der Waals surface area (Å²) in [6.07, 6.45) is 0.858. The van der Waals surface area contributed by atoms with Gasteiger partial charge in [0.25, 0.3) is 0 Å². The SMILES string of the molecule is COCCC[NH-].[CH2-]N1CCOCC1.[W].[Y]. The third-order valence-corrected chi connectivity index (χ3v) is 1.63. The number of rotatable bonds is 3. The summed E-state index contributed by atoms with van der Waals surface area (Å²) < 4.78 is 9.72. The molecule has 1 rings (SSSR count). The molecule has 4 nitrogen and oxygen atoms in total. The maximum Gasteiger partial charge on any atom is 0.0569 e. The molecule has 89 valence electrons. The minimum absolute atomic E-state index is 0. The number of ether oxygens (including phenoxy) is 2. The van der Waals surface area contributed by atoms with E-state index in [-0.39, 0.29) is 53.8 Å². The van der Waals surface area contributed by atoms with E-state index in [1.807, 2.05) is 4.90 Å². The first-order valence-corrected chi connectivity index (χ1v) is 4.58. The molecule has 1 heterocycles. The van der Waals surface area contributed by atoms with Crippen LogP contribution in [0.5, 0.6) is 0 Å². The van der Waals surface area contributed by atoms with E-state index in [0.717, 1.165) is 39.3 Å². The van der Waals surface area contributed by atoms with Crippen molar-refractivity contribution >= 4 is 0 Å². The zero-order valence-electron chi connectivity index (χ0n) is 9.41. The molecule has 1 saturated heterocycles. The van der Waals surface area contributed by atoms with Gasteiger partial charge in [-0.15, -0.1) is 6.54 Å². The van der Waals surface area contributed by atoms with Crippen molar-refractivity contribution in [2.75, 3.05) is 46.6 Å². The molecule has 0 bridgehead atoms. The Morgan fingerprint density at radius 2 is 1.93 bits per heavy atom. The van der Waals surface area contributed by atoms with Crippen molar-refractivity contribution in [1.82, 2.24) is 4.90 Å². The molecule has 1 N–H and O–H groups in total. The molecule has 0 aromatic heterocycles. The van der Waals surface area contributed by atoms with Gasteiger partial charge in [0, 0.05) is 67.5 Å². The molecule has 0 aromatic rings. The van der Waals surface area contributed by atoms with Crippen LogP contribution in [0.1, 0.15) is 6.42 Å². The van der Waals surface area contributed by atoms with Gasteiger partial charge in [-0.05, 0) is 19.5 Å². The van der Waals surface area contributed by atoms with Gasteiger partial charge in [0.1, 0.15) is 0 Å². The van der Waals surface area contributed by atoms with Crippen LogP contribution in [-0.4, -0.2) is 51.5 Å². The Labute approximate surface area is 133 Å². The van der Waals surface area contributed by atoms with Crippen LogP contribution in [0, 0.1) is 7.05 Å². The predicted molar refractivity (Wildman–Crippen MR) is 53.4 cm³/mol. The molecule has 0 spiro atoms. The smallest absolute Gasteiger partial charge is 0.0569 e. The molecule has 0 amide bonds. The van der Waals surface area contributed by atoms with E-state index in [0.29, 0.717) is 6.54 Å². The summed E-state index contributed by atoms with van der Waals surface area (Å²) >= 11 is 0. The van der Waals surface area contributed by atoms with Gasteiger partial charge in [0.05, 0.1) is 13.2 Å². The van der Waals surface area contributed by atoms with Crippen LogP contribution in [0.25, 0.3) is 5.73 Å². The van der Waals surface area contributed by atoms with Crippen LogP contribution < -0.4 is 0 Å². The van der Waals surface area contributed by atoms with Crippen LogP contribution in [0.3, 0.4) is 0 Å². The second-order valence-electron chi connectivity index (χ2n) is 2.83. The van der Waals surface area contributed by atoms with E-state index in [4.69, 9.17) is 10.5 Å². The van der Waals surface area contributed by atoms with Crippen LogP contribution >= 0.6 is 0 Å². The third-order valence-electron chi connectivity index (χ3n) is 1.63. The zero-order chi connectivity index (χ0) is 9.94. The molecular weight excluding hydrogens is 441 g/mol. The molecule has 1 aliphatic rings. The minimum Gasteiger partial charge on any atom is -0.677 e. The van der Waals surface area contributed by atoms with Crippen LogP contribution in [0.2, 0.25) is 0 Å². The topological polar surface area (TPSA) is 45.5 Å². The Hall–Kier alpha value is 1.63. The number of hydrogen-bond donors (Lipinski definition) is 0. The molecule has 0 saturated carbocycles. The number of methoxy groups -OCH3 is 1. The van der Waals surface area contributed by atoms with E-state index in [1.165, 1.54) is 0 Å². The molecule has 1 radical (unpaired) electrons. The first-order chi connectivity index (χ1) is 6.31. The van der Waals surface area contributed by atoms with Crippen LogP contribution in [0.15, 0.2) is 0 Å². The molecular formula is C9H20N2O2WY-2. The van der Waals surface area contributed by atoms with Crippen molar-refractivity contribution in [3.8, 4) is 0 Å². The standard InChI is InChI=1S/C5H10NO.C4H10NO.W.Y/c1-6-2-4-7-5-3-6;1-6-4-2-3-5;;/h1-5H2;5H,2-4H2,1H3;;/q2*-1;;. The van der Waals surface area contributed by atoms with Gasteiger partial charge in [-0.2, -0.15) is 0 Å². The second kappa shape index (κ2) is 18.0. The van der Waals surface area contributed by atoms with Crippen LogP contribution in [0.4, 0.5) is 0 Å². The molecule has 6 heteroatoms. The van der Waals surface area contributed by atoms with Crippen molar-refractivity contribution in [3.63, 3.8) is 0 Å². The quantitative estimate of drug-likeness (QED) is 0.469. The van der Waals surface area contributed by atoms with Crippen LogP contribution in [-0.2, 0) is 63.2 Å². The van der Waals surface area contributed by atoms with Gasteiger partial charge in [0.15, 0.2) is 0 Å². The summed E-state index contributed by atoms with van der Waals surface area (Å²) in [4.78, 5) is 2.02. The average molecular weight is 461 g/mol. The number of hydrogen-bond acceptors (Lipinski definition) is 3. The Bertz CT molecular complexity index is 102. The van der Waals surface area contributed by atoms with Gasteiger partial charge in [-0.3, -0.25) is 7.05 Å². The summed E-state index contributed by atoms with van der Waals surface area (Å²) in [6, 6.07) is 0. The fourth-order valence-electron chi connectivity index (χ4n) is 0.818. The first kappa shape index (κ1) is 21.9. The van der Waals surface area contributed by atoms with Crippen molar-refractivity contribution in [3.05, 3.63) is 12.8 Å². The monoisotopic (exact) mass is 461 g/mol. The van der Waals surface area contributed by atoms with E-state index >= 15 is 0 Å². The Balaban J connectivity index is -0.000000172. The van der Waals surface area contributed by atoms with Gasteiger partial charge in [-0.25, -0.2) is 0 Å². The molecule has 0 aromatic carbocycles. The maximum atomic E-state index is 6.63. The van der Waals surface area contributed by atoms with Crippen molar-refractivity contribution in [1.29, 1.82) is 0 Å². The third kappa shape index (κ3) is 18.2. The molecule has 0 aliphatic carbocycles. The molecule has 15 heavy (non-hydrogen) atoms. The number of nitrogens with zero attached hydrogens (tertiary/aromatic N) is 1. The second-order valence-corrected chi connectivity index (χ2v) is 2.83. The zero-order valence-corrected chi connectivity index (χ0v) is 15.2. The molecule has 0 unspecified atom stereocenters. The maximum absolute atomic E-state index is 6.63. The van der Waals surface area contributed by atoms with E-state index in [2.05, 4.69) is 11.8 Å². The van der Waals surface area contributed by atoms with Crippen molar-refractivity contribution < 1.29 is 63.2 Å². The largest absolute Gasteiger partial charge is 0.677 e. The summed E-state index contributed by atoms with van der Waals surface area (Å²) in [6.45, 7) is 4.88. The molecule has 0 atom stereocenters. The average Bonchev–Trinajstić information content (AvgIpc) is 2.17. The fraction of sp³-hybridized carbons (Fsp3) is 0.889. The Morgan fingerprint density at radius 3 is 2.13 bits per heavy atom. The Morgan fingerprint density at radius 1 is 1.40 bits per heavy atom. The number of nitrogens with one attached hydrogen (secondary N) is 1. The van der Waals surface area contributed by atoms with Crippen molar-refractivity contribution in [2.45, 2.75) is 6.42 Å². The minimum atomic E-state index is 0. The summed E-state index contributed by atoms with van der Waals surface area (Å²) in [5, 5.41) is 0. The summed E-state index contributed by atoms with van der Waals surface area (Å²) in [5.41, 5.74) is 6.63. The van der Waals surface area contributed by atoms with Gasteiger partial charge in [0.2, 0.25) is 0 Å². The van der Waals surface area contributed by atoms with E-state index < -0.39 is 0 Å². The van der Waals surface area contributed by atoms with Crippen molar-refractivity contribution in [2.24, 2.45) is 0 Å². The van der Waals surface area contributed by atoms with Gasteiger partial charge >= 0.3 is 0 Å². The number of morpholine rings is 1. The first-order valence-electron chi connectivity index (χ1n) is 4.58. The normalized spacial score (nSPS) is 15.4.